The van der Waals surface area contributed by atoms with Gasteiger partial charge in [0.1, 0.15) is 16.8 Å². The minimum atomic E-state index is -0.482. The van der Waals surface area contributed by atoms with Crippen molar-refractivity contribution in [3.63, 3.8) is 0 Å². The standard InChI is InChI=1S/C17H13N3O3S/c1-9-14(15(23-2)12(7-18)16(22)19-9)13-8-24-17(20-13)10-3-5-11(21)6-4-10/h3-6,8,21H,1-2H3,(H,19,22). The Morgan fingerprint density at radius 1 is 1.33 bits per heavy atom. The number of H-pyrrole nitrogens is 1. The number of aromatic hydroxyl groups is 1. The second-order valence-corrected chi connectivity index (χ2v) is 5.92. The number of phenols is 1. The van der Waals surface area contributed by atoms with Crippen LogP contribution in [0, 0.1) is 18.3 Å². The van der Waals surface area contributed by atoms with E-state index < -0.39 is 5.56 Å². The number of nitrogens with one attached hydrogen (secondary N) is 1. The molecule has 0 atom stereocenters. The third-order valence-electron chi connectivity index (χ3n) is 3.55. The van der Waals surface area contributed by atoms with E-state index in [1.807, 2.05) is 11.4 Å². The first-order chi connectivity index (χ1) is 11.5. The Balaban J connectivity index is 2.16. The van der Waals surface area contributed by atoms with Gasteiger partial charge in [0.25, 0.3) is 5.56 Å². The number of pyridine rings is 1. The molecular formula is C17H13N3O3S. The van der Waals surface area contributed by atoms with E-state index in [1.54, 1.807) is 31.2 Å². The van der Waals surface area contributed by atoms with E-state index in [2.05, 4.69) is 9.97 Å². The van der Waals surface area contributed by atoms with Crippen LogP contribution < -0.4 is 10.3 Å². The molecule has 0 amide bonds. The highest BCUT2D eigenvalue weighted by atomic mass is 32.1. The number of hydrogen-bond donors (Lipinski definition) is 2. The van der Waals surface area contributed by atoms with Gasteiger partial charge in [-0.15, -0.1) is 11.3 Å². The quantitative estimate of drug-likeness (QED) is 0.764. The van der Waals surface area contributed by atoms with Gasteiger partial charge in [-0.05, 0) is 31.2 Å². The van der Waals surface area contributed by atoms with Crippen molar-refractivity contribution < 1.29 is 9.84 Å². The molecule has 0 bridgehead atoms. The summed E-state index contributed by atoms with van der Waals surface area (Å²) in [5, 5.41) is 21.2. The van der Waals surface area contributed by atoms with Crippen molar-refractivity contribution in [1.82, 2.24) is 9.97 Å². The lowest BCUT2D eigenvalue weighted by atomic mass is 10.1. The molecule has 7 heteroatoms. The van der Waals surface area contributed by atoms with Crippen molar-refractivity contribution in [2.24, 2.45) is 0 Å². The van der Waals surface area contributed by atoms with Crippen molar-refractivity contribution >= 4 is 11.3 Å². The first-order valence-electron chi connectivity index (χ1n) is 7.01. The molecule has 0 radical (unpaired) electrons. The van der Waals surface area contributed by atoms with Gasteiger partial charge in [-0.3, -0.25) is 4.79 Å². The molecule has 3 rings (SSSR count). The van der Waals surface area contributed by atoms with E-state index in [1.165, 1.54) is 18.4 Å². The summed E-state index contributed by atoms with van der Waals surface area (Å²) < 4.78 is 5.30. The van der Waals surface area contributed by atoms with Crippen LogP contribution in [-0.4, -0.2) is 22.2 Å². The minimum Gasteiger partial charge on any atom is -0.508 e. The van der Waals surface area contributed by atoms with Crippen molar-refractivity contribution in [3.05, 3.63) is 51.3 Å². The number of nitrogens with zero attached hydrogens (tertiary/aromatic N) is 2. The van der Waals surface area contributed by atoms with Gasteiger partial charge in [-0.2, -0.15) is 5.26 Å². The smallest absolute Gasteiger partial charge is 0.269 e. The van der Waals surface area contributed by atoms with Gasteiger partial charge < -0.3 is 14.8 Å². The fourth-order valence-electron chi connectivity index (χ4n) is 2.43. The summed E-state index contributed by atoms with van der Waals surface area (Å²) in [4.78, 5) is 19.1. The number of methoxy groups -OCH3 is 1. The third-order valence-corrected chi connectivity index (χ3v) is 4.44. The van der Waals surface area contributed by atoms with Crippen molar-refractivity contribution in [2.45, 2.75) is 6.92 Å². The zero-order valence-corrected chi connectivity index (χ0v) is 13.8. The van der Waals surface area contributed by atoms with E-state index in [4.69, 9.17) is 4.74 Å². The molecule has 0 unspecified atom stereocenters. The minimum absolute atomic E-state index is 0.0720. The topological polar surface area (TPSA) is 99.0 Å². The molecule has 1 aromatic carbocycles. The van der Waals surface area contributed by atoms with Gasteiger partial charge in [-0.1, -0.05) is 0 Å². The number of benzene rings is 1. The maximum Gasteiger partial charge on any atom is 0.269 e. The van der Waals surface area contributed by atoms with Gasteiger partial charge in [0.05, 0.1) is 18.4 Å². The fraction of sp³-hybridized carbons (Fsp3) is 0.118. The summed E-state index contributed by atoms with van der Waals surface area (Å²) in [5.41, 5.74) is 2.10. The van der Waals surface area contributed by atoms with E-state index in [0.717, 1.165) is 10.6 Å². The van der Waals surface area contributed by atoms with Gasteiger partial charge >= 0.3 is 0 Å². The van der Waals surface area contributed by atoms with E-state index in [9.17, 15) is 15.2 Å². The molecular weight excluding hydrogens is 326 g/mol. The molecule has 0 spiro atoms. The summed E-state index contributed by atoms with van der Waals surface area (Å²) in [6.07, 6.45) is 0. The largest absolute Gasteiger partial charge is 0.508 e. The Morgan fingerprint density at radius 3 is 2.67 bits per heavy atom. The van der Waals surface area contributed by atoms with Crippen LogP contribution >= 0.6 is 11.3 Å². The van der Waals surface area contributed by atoms with Crippen molar-refractivity contribution in [1.29, 1.82) is 5.26 Å². The zero-order chi connectivity index (χ0) is 17.3. The van der Waals surface area contributed by atoms with Crippen LogP contribution in [0.1, 0.15) is 11.3 Å². The molecule has 0 saturated heterocycles. The first-order valence-corrected chi connectivity index (χ1v) is 7.89. The zero-order valence-electron chi connectivity index (χ0n) is 13.0. The van der Waals surface area contributed by atoms with Crippen LogP contribution in [0.25, 0.3) is 21.8 Å². The molecule has 0 aliphatic heterocycles. The summed E-state index contributed by atoms with van der Waals surface area (Å²) in [5.74, 6) is 0.411. The lowest BCUT2D eigenvalue weighted by Gasteiger charge is -2.10. The van der Waals surface area contributed by atoms with E-state index in [-0.39, 0.29) is 17.1 Å². The van der Waals surface area contributed by atoms with Crippen LogP contribution in [0.15, 0.2) is 34.4 Å². The number of thiazole rings is 1. The van der Waals surface area contributed by atoms with Crippen LogP contribution in [0.3, 0.4) is 0 Å². The molecule has 6 nitrogen and oxygen atoms in total. The number of hydrogen-bond acceptors (Lipinski definition) is 6. The van der Waals surface area contributed by atoms with Gasteiger partial charge in [0.2, 0.25) is 0 Å². The Kier molecular flexibility index (Phi) is 4.06. The predicted molar refractivity (Wildman–Crippen MR) is 91.3 cm³/mol. The highest BCUT2D eigenvalue weighted by molar-refractivity contribution is 7.13. The molecule has 0 aliphatic rings. The molecule has 120 valence electrons. The number of aryl methyl sites for hydroxylation is 1. The predicted octanol–water partition coefficient (Wildman–Crippen LogP) is 3.06. The third kappa shape index (κ3) is 2.64. The van der Waals surface area contributed by atoms with Gasteiger partial charge in [0.15, 0.2) is 11.3 Å². The Morgan fingerprint density at radius 2 is 2.04 bits per heavy atom. The summed E-state index contributed by atoms with van der Waals surface area (Å²) in [6.45, 7) is 1.74. The highest BCUT2D eigenvalue weighted by Crippen LogP contribution is 2.36. The second-order valence-electron chi connectivity index (χ2n) is 5.06. The number of nitriles is 1. The normalized spacial score (nSPS) is 10.4. The van der Waals surface area contributed by atoms with Crippen LogP contribution in [0.2, 0.25) is 0 Å². The Hall–Kier alpha value is -3.11. The number of ether oxygens (including phenoxy) is 1. The van der Waals surface area contributed by atoms with Crippen molar-refractivity contribution in [2.75, 3.05) is 7.11 Å². The molecule has 0 saturated carbocycles. The fourth-order valence-corrected chi connectivity index (χ4v) is 3.25. The molecule has 2 heterocycles. The number of phenolic OH excluding ortho intramolecular Hbond substituents is 1. The molecule has 24 heavy (non-hydrogen) atoms. The maximum absolute atomic E-state index is 11.9. The first kappa shape index (κ1) is 15.8. The molecule has 0 aliphatic carbocycles. The number of aromatic nitrogens is 2. The summed E-state index contributed by atoms with van der Waals surface area (Å²) >= 11 is 1.43. The van der Waals surface area contributed by atoms with E-state index >= 15 is 0 Å². The molecule has 3 aromatic rings. The average Bonchev–Trinajstić information content (AvgIpc) is 3.04. The van der Waals surface area contributed by atoms with Crippen LogP contribution in [0.5, 0.6) is 11.5 Å². The molecule has 0 fully saturated rings. The molecule has 2 aromatic heterocycles. The lowest BCUT2D eigenvalue weighted by molar-refractivity contribution is 0.413. The number of aromatic amines is 1. The lowest BCUT2D eigenvalue weighted by Crippen LogP contribution is -2.14. The Labute approximate surface area is 141 Å². The number of rotatable bonds is 3. The van der Waals surface area contributed by atoms with Crippen LogP contribution in [0.4, 0.5) is 0 Å². The van der Waals surface area contributed by atoms with Gasteiger partial charge in [-0.25, -0.2) is 4.98 Å². The van der Waals surface area contributed by atoms with Crippen molar-refractivity contribution in [3.8, 4) is 39.4 Å². The summed E-state index contributed by atoms with van der Waals surface area (Å²) in [7, 11) is 1.42. The van der Waals surface area contributed by atoms with E-state index in [0.29, 0.717) is 17.0 Å². The maximum atomic E-state index is 11.9. The Bertz CT molecular complexity index is 997. The average molecular weight is 339 g/mol. The second kappa shape index (κ2) is 6.18. The van der Waals surface area contributed by atoms with Gasteiger partial charge in [0, 0.05) is 16.6 Å². The SMILES string of the molecule is COc1c(-c2csc(-c3ccc(O)cc3)n2)c(C)[nH]c(=O)c1C#N. The molecule has 2 N–H and O–H groups in total. The highest BCUT2D eigenvalue weighted by Gasteiger charge is 2.20. The van der Waals surface area contributed by atoms with Crippen LogP contribution in [-0.2, 0) is 0 Å². The summed E-state index contributed by atoms with van der Waals surface area (Å²) in [6, 6.07) is 8.61. The monoisotopic (exact) mass is 339 g/mol.